The quantitative estimate of drug-likeness (QED) is 0.149. The maximum absolute atomic E-state index is 2.36. The van der Waals surface area contributed by atoms with Gasteiger partial charge in [-0.05, 0) is 25.7 Å². The second-order valence-electron chi connectivity index (χ2n) is 8.77. The first-order chi connectivity index (χ1) is 13.2. The van der Waals surface area contributed by atoms with Crippen LogP contribution in [-0.2, 0) is 0 Å². The second kappa shape index (κ2) is 24.5. The molecule has 0 aromatic rings. The van der Waals surface area contributed by atoms with Crippen molar-refractivity contribution in [1.29, 1.82) is 0 Å². The van der Waals surface area contributed by atoms with Gasteiger partial charge in [0.1, 0.15) is 0 Å². The van der Waals surface area contributed by atoms with Crippen LogP contribution in [0.3, 0.4) is 0 Å². The largest absolute Gasteiger partial charge is 0.0654 e. The van der Waals surface area contributed by atoms with Crippen LogP contribution in [0.25, 0.3) is 0 Å². The molecule has 1 heteroatoms. The van der Waals surface area contributed by atoms with Gasteiger partial charge in [0.15, 0.2) is 0 Å². The molecule has 0 spiro atoms. The molecular formula is C26H58P+. The first-order valence-corrected chi connectivity index (χ1v) is 15.5. The molecule has 0 aromatic carbocycles. The lowest BCUT2D eigenvalue weighted by Gasteiger charge is -2.28. The predicted octanol–water partition coefficient (Wildman–Crippen LogP) is 10.4. The first kappa shape index (κ1) is 29.6. The van der Waals surface area contributed by atoms with E-state index >= 15 is 0 Å². The summed E-state index contributed by atoms with van der Waals surface area (Å²) in [6.07, 6.45) is 29.4. The van der Waals surface area contributed by atoms with Gasteiger partial charge >= 0.3 is 0 Å². The molecule has 0 N–H and O–H groups in total. The molecule has 0 saturated carbocycles. The highest BCUT2D eigenvalue weighted by Crippen LogP contribution is 2.61. The molecule has 0 unspecified atom stereocenters. The molecule has 0 atom stereocenters. The van der Waals surface area contributed by atoms with E-state index in [0.29, 0.717) is 0 Å². The molecule has 0 aliphatic carbocycles. The molecule has 0 heterocycles. The Kier molecular flexibility index (Phi) is 26.9. The number of hydrogen-bond donors (Lipinski definition) is 0. The summed E-state index contributed by atoms with van der Waals surface area (Å²) in [6.45, 7) is 14.0. The highest BCUT2D eigenvalue weighted by molar-refractivity contribution is 7.75. The minimum atomic E-state index is -0.562. The fourth-order valence-electron chi connectivity index (χ4n) is 3.85. The summed E-state index contributed by atoms with van der Waals surface area (Å²) >= 11 is 0. The molecule has 0 aliphatic rings. The number of rotatable bonds is 19. The Morgan fingerprint density at radius 3 is 0.741 bits per heavy atom. The van der Waals surface area contributed by atoms with Gasteiger partial charge in [0, 0.05) is 7.26 Å². The van der Waals surface area contributed by atoms with Crippen molar-refractivity contribution in [2.24, 2.45) is 0 Å². The van der Waals surface area contributed by atoms with Gasteiger partial charge in [-0.2, -0.15) is 0 Å². The van der Waals surface area contributed by atoms with Crippen molar-refractivity contribution in [2.45, 2.75) is 144 Å². The van der Waals surface area contributed by atoms with E-state index < -0.39 is 7.26 Å². The summed E-state index contributed by atoms with van der Waals surface area (Å²) in [5, 5.41) is 0. The minimum absolute atomic E-state index is 0.562. The molecule has 0 rings (SSSR count). The van der Waals surface area contributed by atoms with E-state index in [1.807, 2.05) is 0 Å². The van der Waals surface area contributed by atoms with E-state index in [4.69, 9.17) is 0 Å². The van der Waals surface area contributed by atoms with E-state index in [2.05, 4.69) is 41.5 Å². The normalized spacial score (nSPS) is 11.3. The van der Waals surface area contributed by atoms with Crippen LogP contribution in [0.2, 0.25) is 0 Å². The fourth-order valence-corrected chi connectivity index (χ4v) is 9.14. The summed E-state index contributed by atoms with van der Waals surface area (Å²) in [4.78, 5) is 0. The third-order valence-electron chi connectivity index (χ3n) is 5.90. The van der Waals surface area contributed by atoms with Crippen molar-refractivity contribution in [3.63, 3.8) is 0 Å². The second-order valence-corrected chi connectivity index (χ2v) is 13.2. The van der Waals surface area contributed by atoms with E-state index in [-0.39, 0.29) is 0 Å². The van der Waals surface area contributed by atoms with Gasteiger partial charge in [0.05, 0.1) is 24.6 Å². The number of unbranched alkanes of at least 4 members (excludes halogenated alkanes) is 11. The number of hydrogen-bond acceptors (Lipinski definition) is 0. The highest BCUT2D eigenvalue weighted by Gasteiger charge is 2.34. The van der Waals surface area contributed by atoms with Crippen molar-refractivity contribution in [3.8, 4) is 0 Å². The zero-order valence-corrected chi connectivity index (χ0v) is 21.5. The smallest absolute Gasteiger partial charge is 0.0594 e. The summed E-state index contributed by atoms with van der Waals surface area (Å²) < 4.78 is 0. The summed E-state index contributed by atoms with van der Waals surface area (Å²) in [5.74, 6) is 0. The topological polar surface area (TPSA) is 0 Å². The summed E-state index contributed by atoms with van der Waals surface area (Å²) in [5.41, 5.74) is 0. The average molecular weight is 402 g/mol. The zero-order valence-electron chi connectivity index (χ0n) is 20.6. The molecule has 0 aliphatic heterocycles. The molecule has 0 bridgehead atoms. The molecule has 27 heavy (non-hydrogen) atoms. The van der Waals surface area contributed by atoms with Gasteiger partial charge in [0.2, 0.25) is 0 Å². The van der Waals surface area contributed by atoms with E-state index in [1.54, 1.807) is 24.6 Å². The maximum atomic E-state index is 2.36. The van der Waals surface area contributed by atoms with Crippen LogP contribution in [0.5, 0.6) is 0 Å². The Hall–Kier alpha value is 0.430. The van der Waals surface area contributed by atoms with Gasteiger partial charge < -0.3 is 0 Å². The molecular weight excluding hydrogens is 343 g/mol. The average Bonchev–Trinajstić information content (AvgIpc) is 2.70. The van der Waals surface area contributed by atoms with Gasteiger partial charge in [0.25, 0.3) is 0 Å². The Morgan fingerprint density at radius 2 is 0.519 bits per heavy atom. The summed E-state index contributed by atoms with van der Waals surface area (Å²) in [6, 6.07) is 0. The molecule has 0 amide bonds. The van der Waals surface area contributed by atoms with Crippen LogP contribution >= 0.6 is 7.26 Å². The van der Waals surface area contributed by atoms with E-state index in [9.17, 15) is 0 Å². The van der Waals surface area contributed by atoms with Crippen molar-refractivity contribution in [2.75, 3.05) is 24.6 Å². The zero-order chi connectivity index (χ0) is 20.6. The van der Waals surface area contributed by atoms with Crippen molar-refractivity contribution in [1.82, 2.24) is 0 Å². The van der Waals surface area contributed by atoms with Gasteiger partial charge in [-0.15, -0.1) is 0 Å². The van der Waals surface area contributed by atoms with Crippen molar-refractivity contribution in [3.05, 3.63) is 0 Å². The van der Waals surface area contributed by atoms with Crippen LogP contribution in [-0.4, -0.2) is 24.6 Å². The van der Waals surface area contributed by atoms with E-state index in [0.717, 1.165) is 0 Å². The standard InChI is InChI=1S/C16H36P.C10H22/c1-5-9-13-17(14-10-6-2,15-11-7-3)16-12-8-4;1-3-5-7-9-10-8-6-4-2/h5-16H2,1-4H3;3-10H2,1-2H3/q+1;. The monoisotopic (exact) mass is 401 g/mol. The lowest BCUT2D eigenvalue weighted by Crippen LogP contribution is -2.12. The van der Waals surface area contributed by atoms with Crippen LogP contribution in [0, 0.1) is 0 Å². The Bertz CT molecular complexity index is 203. The third-order valence-corrected chi connectivity index (χ3v) is 11.0. The van der Waals surface area contributed by atoms with Crippen LogP contribution < -0.4 is 0 Å². The van der Waals surface area contributed by atoms with Crippen LogP contribution in [0.15, 0.2) is 0 Å². The van der Waals surface area contributed by atoms with Crippen LogP contribution in [0.1, 0.15) is 144 Å². The van der Waals surface area contributed by atoms with Crippen LogP contribution in [0.4, 0.5) is 0 Å². The van der Waals surface area contributed by atoms with Crippen molar-refractivity contribution < 1.29 is 0 Å². The van der Waals surface area contributed by atoms with E-state index in [1.165, 1.54) is 103 Å². The van der Waals surface area contributed by atoms with Gasteiger partial charge in [-0.25, -0.2) is 0 Å². The third kappa shape index (κ3) is 21.0. The SMILES string of the molecule is CCCCCCCCCC.CCCC[P+](CCCC)(CCCC)CCCC. The van der Waals surface area contributed by atoms with Gasteiger partial charge in [-0.3, -0.25) is 0 Å². The molecule has 0 radical (unpaired) electrons. The molecule has 166 valence electrons. The highest BCUT2D eigenvalue weighted by atomic mass is 31.2. The van der Waals surface area contributed by atoms with Crippen molar-refractivity contribution >= 4 is 7.26 Å². The molecule has 0 fully saturated rings. The Morgan fingerprint density at radius 1 is 0.296 bits per heavy atom. The Balaban J connectivity index is 0. The minimum Gasteiger partial charge on any atom is -0.0654 e. The molecule has 0 aromatic heterocycles. The molecule has 0 nitrogen and oxygen atoms in total. The molecule has 0 saturated heterocycles. The summed E-state index contributed by atoms with van der Waals surface area (Å²) in [7, 11) is -0.562. The maximum Gasteiger partial charge on any atom is 0.0594 e. The van der Waals surface area contributed by atoms with Gasteiger partial charge in [-0.1, -0.05) is 119 Å². The lowest BCUT2D eigenvalue weighted by molar-refractivity contribution is 0.585. The predicted molar refractivity (Wildman–Crippen MR) is 134 cm³/mol. The first-order valence-electron chi connectivity index (χ1n) is 13.0. The lowest BCUT2D eigenvalue weighted by atomic mass is 10.1. The fraction of sp³-hybridized carbons (Fsp3) is 1.00. The Labute approximate surface area is 176 Å².